The van der Waals surface area contributed by atoms with Crippen LogP contribution in [0, 0.1) is 0 Å². The van der Waals surface area contributed by atoms with Gasteiger partial charge in [0.05, 0.1) is 16.8 Å². The normalized spacial score (nSPS) is 11.7. The predicted molar refractivity (Wildman–Crippen MR) is 243 cm³/mol. The molecular weight excluding hydrogens is 723 g/mol. The Bertz CT molecular complexity index is 3550. The monoisotopic (exact) mass is 755 g/mol. The van der Waals surface area contributed by atoms with Gasteiger partial charge in [-0.25, -0.2) is 9.97 Å². The van der Waals surface area contributed by atoms with Crippen LogP contribution in [0.2, 0.25) is 0 Å². The Labute approximate surface area is 339 Å². The highest BCUT2D eigenvalue weighted by Gasteiger charge is 2.23. The fraction of sp³-hybridized carbons (Fsp3) is 0. The number of hydrogen-bond donors (Lipinski definition) is 0. The van der Waals surface area contributed by atoms with Crippen LogP contribution in [0.15, 0.2) is 209 Å². The summed E-state index contributed by atoms with van der Waals surface area (Å²) in [7, 11) is 0. The summed E-state index contributed by atoms with van der Waals surface area (Å²) in [5.74, 6) is 0.582. The van der Waals surface area contributed by atoms with Gasteiger partial charge in [-0.15, -0.1) is 0 Å². The maximum Gasteiger partial charge on any atom is 0.164 e. The van der Waals surface area contributed by atoms with Crippen molar-refractivity contribution in [3.05, 3.63) is 200 Å². The molecule has 0 aliphatic rings. The van der Waals surface area contributed by atoms with Crippen molar-refractivity contribution >= 4 is 82.6 Å². The van der Waals surface area contributed by atoms with Crippen LogP contribution in [-0.2, 0) is 0 Å². The van der Waals surface area contributed by atoms with Gasteiger partial charge in [-0.1, -0.05) is 127 Å². The summed E-state index contributed by atoms with van der Waals surface area (Å²) in [6.07, 6.45) is 0. The second-order valence-corrected chi connectivity index (χ2v) is 14.9. The molecule has 3 heterocycles. The Morgan fingerprint density at radius 1 is 0.356 bits per heavy atom. The number of rotatable bonds is 6. The van der Waals surface area contributed by atoms with Gasteiger partial charge >= 0.3 is 0 Å². The van der Waals surface area contributed by atoms with Crippen LogP contribution in [0.3, 0.4) is 0 Å². The molecule has 0 aliphatic carbocycles. The van der Waals surface area contributed by atoms with Crippen molar-refractivity contribution in [1.29, 1.82) is 0 Å². The maximum absolute atomic E-state index is 7.00. The molecule has 0 atom stereocenters. The van der Waals surface area contributed by atoms with Gasteiger partial charge in [-0.05, 0) is 89.3 Å². The Morgan fingerprint density at radius 2 is 1.02 bits per heavy atom. The molecule has 0 saturated carbocycles. The van der Waals surface area contributed by atoms with E-state index in [0.29, 0.717) is 5.82 Å². The van der Waals surface area contributed by atoms with Gasteiger partial charge in [0.2, 0.25) is 0 Å². The summed E-state index contributed by atoms with van der Waals surface area (Å²) in [6, 6.07) is 69.7. The van der Waals surface area contributed by atoms with Gasteiger partial charge in [0.15, 0.2) is 5.82 Å². The van der Waals surface area contributed by atoms with Crippen molar-refractivity contribution in [2.24, 2.45) is 0 Å². The predicted octanol–water partition coefficient (Wildman–Crippen LogP) is 15.1. The van der Waals surface area contributed by atoms with Gasteiger partial charge in [-0.2, -0.15) is 0 Å². The molecule has 59 heavy (non-hydrogen) atoms. The van der Waals surface area contributed by atoms with E-state index in [9.17, 15) is 0 Å². The molecule has 12 rings (SSSR count). The molecule has 0 amide bonds. The second kappa shape index (κ2) is 13.3. The fourth-order valence-corrected chi connectivity index (χ4v) is 8.63. The zero-order chi connectivity index (χ0) is 38.9. The molecule has 0 fully saturated rings. The van der Waals surface area contributed by atoms with Crippen molar-refractivity contribution in [2.75, 3.05) is 4.90 Å². The molecule has 0 radical (unpaired) electrons. The van der Waals surface area contributed by atoms with Gasteiger partial charge in [0.25, 0.3) is 0 Å². The highest BCUT2D eigenvalue weighted by Crippen LogP contribution is 2.45. The third-order valence-corrected chi connectivity index (χ3v) is 11.4. The number of benzene rings is 9. The largest absolute Gasteiger partial charge is 0.456 e. The molecule has 5 heteroatoms. The Balaban J connectivity index is 1.13. The minimum Gasteiger partial charge on any atom is -0.456 e. The molecule has 0 unspecified atom stereocenters. The maximum atomic E-state index is 7.00. The first-order chi connectivity index (χ1) is 29.2. The average Bonchev–Trinajstić information content (AvgIpc) is 3.88. The highest BCUT2D eigenvalue weighted by molar-refractivity contribution is 6.18. The Hall–Kier alpha value is -8.02. The van der Waals surface area contributed by atoms with Crippen molar-refractivity contribution in [1.82, 2.24) is 9.97 Å². The number of nitrogens with zero attached hydrogens (tertiary/aromatic N) is 3. The number of hydrogen-bond acceptors (Lipinski definition) is 5. The third kappa shape index (κ3) is 5.47. The van der Waals surface area contributed by atoms with Crippen LogP contribution in [0.1, 0.15) is 0 Å². The van der Waals surface area contributed by atoms with Crippen LogP contribution in [0.4, 0.5) is 17.1 Å². The van der Waals surface area contributed by atoms with Crippen molar-refractivity contribution in [3.8, 4) is 33.8 Å². The summed E-state index contributed by atoms with van der Waals surface area (Å²) >= 11 is 0. The minimum atomic E-state index is 0.582. The smallest absolute Gasteiger partial charge is 0.164 e. The fourth-order valence-electron chi connectivity index (χ4n) is 8.63. The van der Waals surface area contributed by atoms with Crippen LogP contribution in [0.5, 0.6) is 0 Å². The minimum absolute atomic E-state index is 0.582. The standard InChI is InChI=1S/C54H33N3O2/c1-3-13-34(14-4-1)35-23-27-39(28-24-35)57(38-16-5-2-6-17-38)40-32-46-43-29-25-36-15-7-8-18-41(36)52(43)59-53(46)47(33-40)54-55-48-21-11-9-20-44(48)51(56-54)37-26-30-50-45(31-37)42-19-10-12-22-49(42)58-50/h1-33H. The van der Waals surface area contributed by atoms with E-state index in [2.05, 4.69) is 163 Å². The van der Waals surface area contributed by atoms with Gasteiger partial charge in [0.1, 0.15) is 22.3 Å². The molecule has 9 aromatic carbocycles. The molecule has 276 valence electrons. The Morgan fingerprint density at radius 3 is 1.86 bits per heavy atom. The van der Waals surface area contributed by atoms with E-state index in [0.717, 1.165) is 105 Å². The number of furan rings is 2. The molecule has 5 nitrogen and oxygen atoms in total. The molecule has 0 bridgehead atoms. The molecule has 3 aromatic heterocycles. The van der Waals surface area contributed by atoms with E-state index in [-0.39, 0.29) is 0 Å². The third-order valence-electron chi connectivity index (χ3n) is 11.4. The Kier molecular flexibility index (Phi) is 7.47. The summed E-state index contributed by atoms with van der Waals surface area (Å²) in [5.41, 5.74) is 12.1. The highest BCUT2D eigenvalue weighted by atomic mass is 16.3. The molecule has 0 N–H and O–H groups in total. The second-order valence-electron chi connectivity index (χ2n) is 14.9. The lowest BCUT2D eigenvalue weighted by Crippen LogP contribution is -2.10. The zero-order valence-corrected chi connectivity index (χ0v) is 31.7. The molecule has 0 saturated heterocycles. The summed E-state index contributed by atoms with van der Waals surface area (Å²) < 4.78 is 13.2. The van der Waals surface area contributed by atoms with E-state index in [1.54, 1.807) is 0 Å². The first-order valence-electron chi connectivity index (χ1n) is 19.8. The molecule has 0 spiro atoms. The van der Waals surface area contributed by atoms with Crippen LogP contribution < -0.4 is 4.90 Å². The van der Waals surface area contributed by atoms with Gasteiger partial charge < -0.3 is 13.7 Å². The van der Waals surface area contributed by atoms with Crippen LogP contribution in [0.25, 0.3) is 99.3 Å². The van der Waals surface area contributed by atoms with Crippen molar-refractivity contribution < 1.29 is 8.83 Å². The van der Waals surface area contributed by atoms with Crippen molar-refractivity contribution in [3.63, 3.8) is 0 Å². The zero-order valence-electron chi connectivity index (χ0n) is 31.7. The number of anilines is 3. The van der Waals surface area contributed by atoms with Crippen molar-refractivity contribution in [2.45, 2.75) is 0 Å². The van der Waals surface area contributed by atoms with E-state index in [1.165, 1.54) is 5.56 Å². The summed E-state index contributed by atoms with van der Waals surface area (Å²) in [6.45, 7) is 0. The summed E-state index contributed by atoms with van der Waals surface area (Å²) in [5, 5.41) is 7.30. The van der Waals surface area contributed by atoms with Crippen LogP contribution in [-0.4, -0.2) is 9.97 Å². The van der Waals surface area contributed by atoms with Crippen LogP contribution >= 0.6 is 0 Å². The quantitative estimate of drug-likeness (QED) is 0.169. The molecular formula is C54H33N3O2. The van der Waals surface area contributed by atoms with E-state index >= 15 is 0 Å². The lowest BCUT2D eigenvalue weighted by atomic mass is 10.0. The molecule has 12 aromatic rings. The van der Waals surface area contributed by atoms with E-state index in [1.807, 2.05) is 42.5 Å². The first-order valence-corrected chi connectivity index (χ1v) is 19.8. The lowest BCUT2D eigenvalue weighted by molar-refractivity contribution is 0.669. The number of para-hydroxylation sites is 3. The topological polar surface area (TPSA) is 55.3 Å². The number of aromatic nitrogens is 2. The van der Waals surface area contributed by atoms with Gasteiger partial charge in [-0.3, -0.25) is 0 Å². The first kappa shape index (κ1) is 33.2. The lowest BCUT2D eigenvalue weighted by Gasteiger charge is -2.26. The SMILES string of the molecule is c1ccc(-c2ccc(N(c3ccccc3)c3cc(-c4nc(-c5ccc6oc7ccccc7c6c5)c5ccccc5n4)c4oc5c6ccccc6ccc5c4c3)cc2)cc1. The van der Waals surface area contributed by atoms with Gasteiger partial charge in [0, 0.05) is 54.9 Å². The van der Waals surface area contributed by atoms with E-state index in [4.69, 9.17) is 18.8 Å². The molecule has 0 aliphatic heterocycles. The number of fused-ring (bicyclic) bond motifs is 9. The summed E-state index contributed by atoms with van der Waals surface area (Å²) in [4.78, 5) is 13.1. The van der Waals surface area contributed by atoms with E-state index < -0.39 is 0 Å². The average molecular weight is 756 g/mol.